The number of benzene rings is 2. The van der Waals surface area contributed by atoms with Crippen LogP contribution in [-0.4, -0.2) is 26.0 Å². The Bertz CT molecular complexity index is 1020. The first kappa shape index (κ1) is 19.4. The van der Waals surface area contributed by atoms with Crippen LogP contribution in [0.15, 0.2) is 53.7 Å². The number of rotatable bonds is 5. The number of aryl methyl sites for hydroxylation is 1. The molecule has 0 radical (unpaired) electrons. The molecule has 1 aliphatic rings. The van der Waals surface area contributed by atoms with Gasteiger partial charge in [-0.2, -0.15) is 0 Å². The second kappa shape index (κ2) is 8.24. The first-order valence-electron chi connectivity index (χ1n) is 9.54. The van der Waals surface area contributed by atoms with E-state index in [0.29, 0.717) is 16.5 Å². The molecule has 150 valence electrons. The van der Waals surface area contributed by atoms with Gasteiger partial charge in [0.2, 0.25) is 11.1 Å². The van der Waals surface area contributed by atoms with Crippen LogP contribution in [0, 0.1) is 5.82 Å². The first-order chi connectivity index (χ1) is 14.0. The van der Waals surface area contributed by atoms with Gasteiger partial charge in [-0.05, 0) is 61.6 Å². The van der Waals surface area contributed by atoms with Gasteiger partial charge in [-0.3, -0.25) is 4.79 Å². The maximum atomic E-state index is 13.1. The minimum absolute atomic E-state index is 0.0287. The van der Waals surface area contributed by atoms with Gasteiger partial charge < -0.3 is 11.2 Å². The standard InChI is InChI=1S/C21H22FN5OS/c1-13(20(28)24-18-8-4-6-14-5-2-3-7-17(14)18)29-21-26-25-19(27(21)23)15-9-11-16(22)12-10-15/h2-3,5,7,9-13,18H,4,6,8,23H2,1H3,(H,24,28). The Balaban J connectivity index is 1.44. The molecule has 0 bridgehead atoms. The third-order valence-electron chi connectivity index (χ3n) is 5.10. The van der Waals surface area contributed by atoms with Crippen molar-refractivity contribution in [3.8, 4) is 11.4 Å². The quantitative estimate of drug-likeness (QED) is 0.496. The third kappa shape index (κ3) is 4.12. The Labute approximate surface area is 172 Å². The number of halogens is 1. The number of carbonyl (C=O) groups excluding carboxylic acids is 1. The van der Waals surface area contributed by atoms with Gasteiger partial charge in [0.15, 0.2) is 5.82 Å². The largest absolute Gasteiger partial charge is 0.348 e. The Kier molecular flexibility index (Phi) is 5.53. The normalized spacial score (nSPS) is 16.8. The van der Waals surface area contributed by atoms with Gasteiger partial charge in [0.05, 0.1) is 11.3 Å². The van der Waals surface area contributed by atoms with E-state index in [1.807, 2.05) is 19.1 Å². The Hall–Kier alpha value is -2.87. The maximum absolute atomic E-state index is 13.1. The molecule has 1 heterocycles. The molecule has 3 N–H and O–H groups in total. The van der Waals surface area contributed by atoms with Gasteiger partial charge >= 0.3 is 0 Å². The van der Waals surface area contributed by atoms with Crippen LogP contribution in [0.4, 0.5) is 4.39 Å². The average Bonchev–Trinajstić information content (AvgIpc) is 3.09. The van der Waals surface area contributed by atoms with Crippen molar-refractivity contribution in [2.45, 2.75) is 42.6 Å². The lowest BCUT2D eigenvalue weighted by Crippen LogP contribution is -2.36. The number of fused-ring (bicyclic) bond motifs is 1. The summed E-state index contributed by atoms with van der Waals surface area (Å²) >= 11 is 1.25. The molecule has 2 unspecified atom stereocenters. The molecule has 8 heteroatoms. The summed E-state index contributed by atoms with van der Waals surface area (Å²) in [6.07, 6.45) is 3.04. The molecular formula is C21H22FN5OS. The smallest absolute Gasteiger partial charge is 0.233 e. The third-order valence-corrected chi connectivity index (χ3v) is 6.16. The monoisotopic (exact) mass is 411 g/mol. The summed E-state index contributed by atoms with van der Waals surface area (Å²) in [6.45, 7) is 1.82. The molecule has 1 amide bonds. The zero-order chi connectivity index (χ0) is 20.4. The van der Waals surface area contributed by atoms with Gasteiger partial charge in [0.1, 0.15) is 5.82 Å². The van der Waals surface area contributed by atoms with E-state index < -0.39 is 5.25 Å². The molecule has 0 fully saturated rings. The Morgan fingerprint density at radius 2 is 2.00 bits per heavy atom. The summed E-state index contributed by atoms with van der Waals surface area (Å²) in [5.74, 6) is 6.13. The number of nitrogens with two attached hydrogens (primary N) is 1. The molecule has 4 rings (SSSR count). The minimum atomic E-state index is -0.392. The van der Waals surface area contributed by atoms with Crippen LogP contribution < -0.4 is 11.2 Å². The van der Waals surface area contributed by atoms with Crippen LogP contribution in [0.5, 0.6) is 0 Å². The fourth-order valence-electron chi connectivity index (χ4n) is 3.56. The molecule has 0 saturated heterocycles. The molecule has 1 aromatic heterocycles. The molecule has 1 aliphatic carbocycles. The Morgan fingerprint density at radius 1 is 1.24 bits per heavy atom. The summed E-state index contributed by atoms with van der Waals surface area (Å²) in [6, 6.07) is 14.2. The highest BCUT2D eigenvalue weighted by atomic mass is 32.2. The molecule has 3 aromatic rings. The molecule has 0 spiro atoms. The number of nitrogens with one attached hydrogen (secondary N) is 1. The number of nitrogen functional groups attached to an aromatic ring is 1. The van der Waals surface area contributed by atoms with E-state index in [9.17, 15) is 9.18 Å². The number of thioether (sulfide) groups is 1. The lowest BCUT2D eigenvalue weighted by atomic mass is 9.88. The second-order valence-electron chi connectivity index (χ2n) is 7.10. The number of nitrogens with zero attached hydrogens (tertiary/aromatic N) is 3. The predicted octanol–water partition coefficient (Wildman–Crippen LogP) is 3.47. The van der Waals surface area contributed by atoms with Crippen molar-refractivity contribution in [1.29, 1.82) is 0 Å². The van der Waals surface area contributed by atoms with E-state index in [2.05, 4.69) is 27.6 Å². The maximum Gasteiger partial charge on any atom is 0.233 e. The fourth-order valence-corrected chi connectivity index (χ4v) is 4.34. The van der Waals surface area contributed by atoms with Crippen LogP contribution >= 0.6 is 11.8 Å². The lowest BCUT2D eigenvalue weighted by molar-refractivity contribution is -0.121. The van der Waals surface area contributed by atoms with Crippen molar-refractivity contribution in [2.24, 2.45) is 0 Å². The number of hydrogen-bond acceptors (Lipinski definition) is 5. The highest BCUT2D eigenvalue weighted by molar-refractivity contribution is 8.00. The van der Waals surface area contributed by atoms with E-state index in [4.69, 9.17) is 5.84 Å². The molecular weight excluding hydrogens is 389 g/mol. The highest BCUT2D eigenvalue weighted by Gasteiger charge is 2.25. The van der Waals surface area contributed by atoms with Crippen LogP contribution in [0.25, 0.3) is 11.4 Å². The van der Waals surface area contributed by atoms with Crippen LogP contribution in [-0.2, 0) is 11.2 Å². The van der Waals surface area contributed by atoms with Gasteiger partial charge in [0, 0.05) is 5.56 Å². The molecule has 0 aliphatic heterocycles. The molecule has 2 atom stereocenters. The zero-order valence-electron chi connectivity index (χ0n) is 16.0. The van der Waals surface area contributed by atoms with Crippen molar-refractivity contribution >= 4 is 17.7 Å². The lowest BCUT2D eigenvalue weighted by Gasteiger charge is -2.27. The van der Waals surface area contributed by atoms with Crippen molar-refractivity contribution in [3.63, 3.8) is 0 Å². The van der Waals surface area contributed by atoms with Crippen molar-refractivity contribution in [3.05, 3.63) is 65.5 Å². The highest BCUT2D eigenvalue weighted by Crippen LogP contribution is 2.31. The fraction of sp³-hybridized carbons (Fsp3) is 0.286. The van der Waals surface area contributed by atoms with Crippen molar-refractivity contribution < 1.29 is 9.18 Å². The van der Waals surface area contributed by atoms with Gasteiger partial charge in [-0.15, -0.1) is 10.2 Å². The summed E-state index contributed by atoms with van der Waals surface area (Å²) in [7, 11) is 0. The van der Waals surface area contributed by atoms with Gasteiger partial charge in [-0.25, -0.2) is 9.07 Å². The SMILES string of the molecule is CC(Sc1nnc(-c2ccc(F)cc2)n1N)C(=O)NC1CCCc2ccccc21. The molecule has 29 heavy (non-hydrogen) atoms. The van der Waals surface area contributed by atoms with E-state index in [0.717, 1.165) is 19.3 Å². The average molecular weight is 412 g/mol. The van der Waals surface area contributed by atoms with Crippen LogP contribution in [0.1, 0.15) is 36.9 Å². The van der Waals surface area contributed by atoms with Crippen molar-refractivity contribution in [2.75, 3.05) is 5.84 Å². The first-order valence-corrected chi connectivity index (χ1v) is 10.4. The van der Waals surface area contributed by atoms with E-state index in [1.165, 1.54) is 39.7 Å². The number of aromatic nitrogens is 3. The molecule has 6 nitrogen and oxygen atoms in total. The summed E-state index contributed by atoms with van der Waals surface area (Å²) in [4.78, 5) is 12.8. The zero-order valence-corrected chi connectivity index (χ0v) is 16.8. The topological polar surface area (TPSA) is 85.8 Å². The summed E-state index contributed by atoms with van der Waals surface area (Å²) in [5.41, 5.74) is 3.16. The number of hydrogen-bond donors (Lipinski definition) is 2. The van der Waals surface area contributed by atoms with Crippen LogP contribution in [0.3, 0.4) is 0 Å². The number of carbonyl (C=O) groups is 1. The summed E-state index contributed by atoms with van der Waals surface area (Å²) < 4.78 is 14.5. The van der Waals surface area contributed by atoms with Crippen molar-refractivity contribution in [1.82, 2.24) is 20.2 Å². The minimum Gasteiger partial charge on any atom is -0.348 e. The molecule has 2 aromatic carbocycles. The second-order valence-corrected chi connectivity index (χ2v) is 8.40. The van der Waals surface area contributed by atoms with E-state index >= 15 is 0 Å². The van der Waals surface area contributed by atoms with E-state index in [1.54, 1.807) is 12.1 Å². The Morgan fingerprint density at radius 3 is 2.79 bits per heavy atom. The number of amides is 1. The van der Waals surface area contributed by atoms with Gasteiger partial charge in [-0.1, -0.05) is 36.0 Å². The van der Waals surface area contributed by atoms with E-state index in [-0.39, 0.29) is 17.8 Å². The van der Waals surface area contributed by atoms with Crippen LogP contribution in [0.2, 0.25) is 0 Å². The predicted molar refractivity (Wildman–Crippen MR) is 111 cm³/mol. The molecule has 0 saturated carbocycles. The van der Waals surface area contributed by atoms with Gasteiger partial charge in [0.25, 0.3) is 0 Å². The summed E-state index contributed by atoms with van der Waals surface area (Å²) in [5, 5.41) is 11.4.